The van der Waals surface area contributed by atoms with Gasteiger partial charge in [-0.05, 0) is 37.3 Å². The molecule has 1 nitrogen and oxygen atoms in total. The third-order valence-corrected chi connectivity index (χ3v) is 3.24. The van der Waals surface area contributed by atoms with E-state index in [2.05, 4.69) is 12.1 Å². The van der Waals surface area contributed by atoms with Crippen LogP contribution >= 0.6 is 11.3 Å². The van der Waals surface area contributed by atoms with Crippen LogP contribution in [0.25, 0.3) is 0 Å². The van der Waals surface area contributed by atoms with Gasteiger partial charge in [0.25, 0.3) is 0 Å². The Bertz CT molecular complexity index is 237. The van der Waals surface area contributed by atoms with Gasteiger partial charge in [0, 0.05) is 16.3 Å². The maximum Gasteiger partial charge on any atom is 0.0273 e. The maximum absolute atomic E-state index is 5.52. The number of hydrogen-bond donors (Lipinski definition) is 1. The zero-order valence-electron chi connectivity index (χ0n) is 6.55. The van der Waals surface area contributed by atoms with Crippen LogP contribution in [0.15, 0.2) is 12.1 Å². The van der Waals surface area contributed by atoms with Gasteiger partial charge in [-0.25, -0.2) is 0 Å². The van der Waals surface area contributed by atoms with E-state index >= 15 is 0 Å². The summed E-state index contributed by atoms with van der Waals surface area (Å²) in [7, 11) is 0. The number of thiophene rings is 1. The lowest BCUT2D eigenvalue weighted by atomic mass is 10.2. The van der Waals surface area contributed by atoms with Crippen LogP contribution in [0.4, 0.5) is 0 Å². The molecule has 1 aliphatic rings. The van der Waals surface area contributed by atoms with E-state index in [-0.39, 0.29) is 0 Å². The van der Waals surface area contributed by atoms with Crippen LogP contribution < -0.4 is 5.73 Å². The van der Waals surface area contributed by atoms with E-state index < -0.39 is 0 Å². The molecule has 0 aromatic carbocycles. The zero-order chi connectivity index (χ0) is 7.68. The Morgan fingerprint density at radius 3 is 2.64 bits per heavy atom. The number of nitrogens with two attached hydrogens (primary N) is 1. The van der Waals surface area contributed by atoms with Gasteiger partial charge in [-0.1, -0.05) is 0 Å². The van der Waals surface area contributed by atoms with E-state index in [9.17, 15) is 0 Å². The molecular weight excluding hydrogens is 154 g/mol. The molecule has 0 bridgehead atoms. The minimum Gasteiger partial charge on any atom is -0.326 e. The fourth-order valence-corrected chi connectivity index (χ4v) is 2.26. The van der Waals surface area contributed by atoms with Gasteiger partial charge in [-0.2, -0.15) is 0 Å². The van der Waals surface area contributed by atoms with Crippen molar-refractivity contribution < 1.29 is 0 Å². The minimum absolute atomic E-state index is 0.704. The molecule has 0 aliphatic heterocycles. The van der Waals surface area contributed by atoms with E-state index in [0.717, 1.165) is 5.92 Å². The molecule has 1 saturated carbocycles. The van der Waals surface area contributed by atoms with Crippen molar-refractivity contribution in [2.75, 3.05) is 0 Å². The molecule has 0 saturated heterocycles. The third kappa shape index (κ3) is 1.82. The quantitative estimate of drug-likeness (QED) is 0.733. The van der Waals surface area contributed by atoms with Crippen LogP contribution in [-0.2, 0) is 13.0 Å². The monoisotopic (exact) mass is 167 g/mol. The molecule has 60 valence electrons. The van der Waals surface area contributed by atoms with Crippen LogP contribution in [-0.4, -0.2) is 0 Å². The van der Waals surface area contributed by atoms with E-state index in [1.165, 1.54) is 29.0 Å². The fourth-order valence-electron chi connectivity index (χ4n) is 1.25. The summed E-state index contributed by atoms with van der Waals surface area (Å²) in [5.41, 5.74) is 5.52. The van der Waals surface area contributed by atoms with Crippen molar-refractivity contribution in [1.82, 2.24) is 0 Å². The molecule has 1 aliphatic carbocycles. The smallest absolute Gasteiger partial charge is 0.0273 e. The van der Waals surface area contributed by atoms with Gasteiger partial charge in [-0.3, -0.25) is 0 Å². The van der Waals surface area contributed by atoms with Crippen LogP contribution in [0.2, 0.25) is 0 Å². The molecule has 1 aromatic heterocycles. The standard InChI is InChI=1S/C9H13NS/c10-6-9-4-3-8(11-9)5-7-1-2-7/h3-4,7H,1-2,5-6,10H2. The molecule has 0 amide bonds. The van der Waals surface area contributed by atoms with E-state index in [1.807, 2.05) is 11.3 Å². The Kier molecular flexibility index (Phi) is 1.96. The largest absolute Gasteiger partial charge is 0.326 e. The highest BCUT2D eigenvalue weighted by Crippen LogP contribution is 2.34. The van der Waals surface area contributed by atoms with Crippen LogP contribution in [0.3, 0.4) is 0 Å². The van der Waals surface area contributed by atoms with Gasteiger partial charge in [0.15, 0.2) is 0 Å². The van der Waals surface area contributed by atoms with Crippen molar-refractivity contribution in [1.29, 1.82) is 0 Å². The molecule has 11 heavy (non-hydrogen) atoms. The summed E-state index contributed by atoms with van der Waals surface area (Å²) >= 11 is 1.88. The molecule has 2 heteroatoms. The second kappa shape index (κ2) is 2.95. The van der Waals surface area contributed by atoms with Crippen molar-refractivity contribution in [3.63, 3.8) is 0 Å². The molecule has 0 atom stereocenters. The summed E-state index contributed by atoms with van der Waals surface area (Å²) in [5.74, 6) is 0.999. The number of hydrogen-bond acceptors (Lipinski definition) is 2. The summed E-state index contributed by atoms with van der Waals surface area (Å²) in [6.45, 7) is 0.704. The highest BCUT2D eigenvalue weighted by Gasteiger charge is 2.21. The van der Waals surface area contributed by atoms with E-state index in [1.54, 1.807) is 0 Å². The average molecular weight is 167 g/mol. The molecule has 0 radical (unpaired) electrons. The van der Waals surface area contributed by atoms with Gasteiger partial charge in [0.2, 0.25) is 0 Å². The second-order valence-corrected chi connectivity index (χ2v) is 4.47. The van der Waals surface area contributed by atoms with Crippen molar-refractivity contribution in [2.24, 2.45) is 11.7 Å². The summed E-state index contributed by atoms with van der Waals surface area (Å²) in [6, 6.07) is 4.38. The lowest BCUT2D eigenvalue weighted by molar-refractivity contribution is 0.846. The summed E-state index contributed by atoms with van der Waals surface area (Å²) in [6.07, 6.45) is 4.18. The summed E-state index contributed by atoms with van der Waals surface area (Å²) < 4.78 is 0. The van der Waals surface area contributed by atoms with Crippen LogP contribution in [0, 0.1) is 5.92 Å². The first-order chi connectivity index (χ1) is 5.38. The predicted octanol–water partition coefficient (Wildman–Crippen LogP) is 2.16. The molecular formula is C9H13NS. The molecule has 1 fully saturated rings. The Labute approximate surface area is 71.2 Å². The van der Waals surface area contributed by atoms with E-state index in [0.29, 0.717) is 6.54 Å². The van der Waals surface area contributed by atoms with Crippen molar-refractivity contribution in [3.8, 4) is 0 Å². The SMILES string of the molecule is NCc1ccc(CC2CC2)s1. The summed E-state index contributed by atoms with van der Waals surface area (Å²) in [4.78, 5) is 2.84. The average Bonchev–Trinajstić information content (AvgIpc) is 2.68. The fraction of sp³-hybridized carbons (Fsp3) is 0.556. The van der Waals surface area contributed by atoms with Gasteiger partial charge in [0.05, 0.1) is 0 Å². The highest BCUT2D eigenvalue weighted by atomic mass is 32.1. The molecule has 1 aromatic rings. The van der Waals surface area contributed by atoms with Gasteiger partial charge >= 0.3 is 0 Å². The lowest BCUT2D eigenvalue weighted by Crippen LogP contribution is -1.91. The van der Waals surface area contributed by atoms with Crippen molar-refractivity contribution >= 4 is 11.3 Å². The first kappa shape index (κ1) is 7.32. The third-order valence-electron chi connectivity index (χ3n) is 2.11. The maximum atomic E-state index is 5.52. The highest BCUT2D eigenvalue weighted by molar-refractivity contribution is 7.11. The lowest BCUT2D eigenvalue weighted by Gasteiger charge is -1.90. The molecule has 1 heterocycles. The molecule has 2 N–H and O–H groups in total. The molecule has 2 rings (SSSR count). The minimum atomic E-state index is 0.704. The normalized spacial score (nSPS) is 17.2. The Balaban J connectivity index is 1.99. The summed E-state index contributed by atoms with van der Waals surface area (Å²) in [5, 5.41) is 0. The van der Waals surface area contributed by atoms with E-state index in [4.69, 9.17) is 5.73 Å². The molecule has 0 unspecified atom stereocenters. The number of rotatable bonds is 3. The van der Waals surface area contributed by atoms with Crippen molar-refractivity contribution in [3.05, 3.63) is 21.9 Å². The molecule has 0 spiro atoms. The van der Waals surface area contributed by atoms with Gasteiger partial charge in [-0.15, -0.1) is 11.3 Å². The van der Waals surface area contributed by atoms with Crippen molar-refractivity contribution in [2.45, 2.75) is 25.8 Å². The Hall–Kier alpha value is -0.340. The van der Waals surface area contributed by atoms with Crippen LogP contribution in [0.5, 0.6) is 0 Å². The Morgan fingerprint density at radius 1 is 1.36 bits per heavy atom. The second-order valence-electron chi connectivity index (χ2n) is 3.22. The van der Waals surface area contributed by atoms with Gasteiger partial charge in [0.1, 0.15) is 0 Å². The van der Waals surface area contributed by atoms with Crippen LogP contribution in [0.1, 0.15) is 22.6 Å². The Morgan fingerprint density at radius 2 is 2.09 bits per heavy atom. The first-order valence-electron chi connectivity index (χ1n) is 4.16. The van der Waals surface area contributed by atoms with Gasteiger partial charge < -0.3 is 5.73 Å². The zero-order valence-corrected chi connectivity index (χ0v) is 7.36. The first-order valence-corrected chi connectivity index (χ1v) is 4.98. The topological polar surface area (TPSA) is 26.0 Å². The predicted molar refractivity (Wildman–Crippen MR) is 48.6 cm³/mol.